The molecule has 5 rings (SSSR count). The van der Waals surface area contributed by atoms with Gasteiger partial charge in [0.1, 0.15) is 4.91 Å². The van der Waals surface area contributed by atoms with Gasteiger partial charge in [0, 0.05) is 17.6 Å². The molecule has 0 aromatic heterocycles. The molecule has 0 aliphatic carbocycles. The van der Waals surface area contributed by atoms with Crippen LogP contribution in [0.2, 0.25) is 0 Å². The Bertz CT molecular complexity index is 1390. The van der Waals surface area contributed by atoms with E-state index in [1.807, 2.05) is 92.8 Å². The van der Waals surface area contributed by atoms with Crippen molar-refractivity contribution in [2.45, 2.75) is 11.4 Å². The number of nitrogens with one attached hydrogen (secondary N) is 1. The minimum absolute atomic E-state index is 0.0534. The average molecular weight is 530 g/mol. The summed E-state index contributed by atoms with van der Waals surface area (Å²) in [7, 11) is 5.70. The van der Waals surface area contributed by atoms with E-state index < -0.39 is 0 Å². The van der Waals surface area contributed by atoms with E-state index in [0.717, 1.165) is 21.2 Å². The molecule has 0 atom stereocenters. The van der Waals surface area contributed by atoms with Gasteiger partial charge in [0.05, 0.1) is 29.5 Å². The van der Waals surface area contributed by atoms with E-state index in [4.69, 9.17) is 4.99 Å². The topological polar surface area (TPSA) is 68.2 Å². The first-order valence-corrected chi connectivity index (χ1v) is 13.4. The van der Waals surface area contributed by atoms with Crippen LogP contribution in [-0.4, -0.2) is 54.5 Å². The van der Waals surface area contributed by atoms with E-state index in [0.29, 0.717) is 34.5 Å². The highest BCUT2D eigenvalue weighted by molar-refractivity contribution is 8.19. The monoisotopic (exact) mass is 529 g/mol. The molecule has 2 heterocycles. The van der Waals surface area contributed by atoms with E-state index >= 15 is 0 Å². The molecule has 0 radical (unpaired) electrons. The number of nitrogens with zero attached hydrogens (tertiary/aromatic N) is 4. The van der Waals surface area contributed by atoms with Crippen LogP contribution in [0.1, 0.15) is 5.56 Å². The van der Waals surface area contributed by atoms with E-state index in [9.17, 15) is 9.59 Å². The summed E-state index contributed by atoms with van der Waals surface area (Å²) in [5, 5.41) is 4.43. The second kappa shape index (κ2) is 10.8. The molecule has 0 saturated carbocycles. The van der Waals surface area contributed by atoms with Crippen molar-refractivity contribution in [2.24, 2.45) is 4.99 Å². The lowest BCUT2D eigenvalue weighted by Gasteiger charge is -2.17. The van der Waals surface area contributed by atoms with Crippen molar-refractivity contribution in [2.75, 3.05) is 37.9 Å². The smallest absolute Gasteiger partial charge is 0.269 e. The summed E-state index contributed by atoms with van der Waals surface area (Å²) in [6, 6.07) is 25.4. The number of rotatable bonds is 6. The zero-order chi connectivity index (χ0) is 25.9. The fourth-order valence-corrected chi connectivity index (χ4v) is 6.38. The van der Waals surface area contributed by atoms with Gasteiger partial charge in [-0.05, 0) is 67.8 Å². The van der Waals surface area contributed by atoms with Crippen molar-refractivity contribution in [3.8, 4) is 0 Å². The lowest BCUT2D eigenvalue weighted by molar-refractivity contribution is -0.122. The molecule has 7 nitrogen and oxygen atoms in total. The molecule has 9 heteroatoms. The molecule has 37 heavy (non-hydrogen) atoms. The number of amidine groups is 1. The summed E-state index contributed by atoms with van der Waals surface area (Å²) in [5.74, 6) is -0.132. The molecule has 3 aromatic carbocycles. The van der Waals surface area contributed by atoms with Crippen molar-refractivity contribution in [1.82, 2.24) is 9.80 Å². The van der Waals surface area contributed by atoms with Crippen LogP contribution in [0.5, 0.6) is 0 Å². The second-order valence-corrected chi connectivity index (χ2v) is 11.0. The molecule has 188 valence electrons. The first-order chi connectivity index (χ1) is 17.9. The number of benzene rings is 3. The lowest BCUT2D eigenvalue weighted by Crippen LogP contribution is -2.29. The zero-order valence-corrected chi connectivity index (χ0v) is 22.5. The number of hydrogen-bond acceptors (Lipinski definition) is 7. The number of likely N-dealkylation sites (N-methyl/N-ethyl adjacent to an activating group) is 1. The van der Waals surface area contributed by atoms with Gasteiger partial charge in [0.15, 0.2) is 5.17 Å². The normalized spacial score (nSPS) is 18.2. The number of thioether (sulfide) groups is 2. The maximum Gasteiger partial charge on any atom is 0.269 e. The van der Waals surface area contributed by atoms with Crippen LogP contribution in [0.15, 0.2) is 98.7 Å². The van der Waals surface area contributed by atoms with E-state index in [1.54, 1.807) is 16.7 Å². The Morgan fingerprint density at radius 1 is 0.946 bits per heavy atom. The minimum Gasteiger partial charge on any atom is -0.337 e. The first kappa shape index (κ1) is 25.1. The number of carbonyl (C=O) groups is 2. The van der Waals surface area contributed by atoms with Crippen LogP contribution in [-0.2, 0) is 16.1 Å². The molecule has 0 spiro atoms. The predicted octanol–water partition coefficient (Wildman–Crippen LogP) is 5.36. The zero-order valence-electron chi connectivity index (χ0n) is 20.8. The molecule has 0 unspecified atom stereocenters. The minimum atomic E-state index is -0.0782. The van der Waals surface area contributed by atoms with E-state index in [2.05, 4.69) is 22.3 Å². The highest BCUT2D eigenvalue weighted by Gasteiger charge is 2.39. The van der Waals surface area contributed by atoms with Gasteiger partial charge in [0.25, 0.3) is 5.91 Å². The van der Waals surface area contributed by atoms with Crippen molar-refractivity contribution >= 4 is 57.6 Å². The molecule has 1 N–H and O–H groups in total. The molecular formula is C28H27N5O2S2. The third-order valence-corrected chi connectivity index (χ3v) is 8.25. The number of hydrogen-bond donors (Lipinski definition) is 1. The number of para-hydroxylation sites is 1. The molecule has 2 amide bonds. The largest absolute Gasteiger partial charge is 0.337 e. The lowest BCUT2D eigenvalue weighted by atomic mass is 10.2. The summed E-state index contributed by atoms with van der Waals surface area (Å²) >= 11 is 3.01. The van der Waals surface area contributed by atoms with Crippen LogP contribution < -0.4 is 10.2 Å². The van der Waals surface area contributed by atoms with Crippen LogP contribution in [0.3, 0.4) is 0 Å². The van der Waals surface area contributed by atoms with Gasteiger partial charge in [-0.2, -0.15) is 0 Å². The third kappa shape index (κ3) is 5.58. The Kier molecular flexibility index (Phi) is 7.36. The van der Waals surface area contributed by atoms with E-state index in [1.165, 1.54) is 11.8 Å². The van der Waals surface area contributed by atoms with Gasteiger partial charge in [-0.1, -0.05) is 54.2 Å². The predicted molar refractivity (Wildman–Crippen MR) is 153 cm³/mol. The Morgan fingerprint density at radius 3 is 2.35 bits per heavy atom. The Hall–Kier alpha value is -3.53. The molecular weight excluding hydrogens is 502 g/mol. The van der Waals surface area contributed by atoms with Gasteiger partial charge in [-0.3, -0.25) is 14.5 Å². The van der Waals surface area contributed by atoms with Crippen molar-refractivity contribution in [3.63, 3.8) is 0 Å². The number of aliphatic imine (C=N–C) groups is 1. The second-order valence-electron chi connectivity index (χ2n) is 8.97. The fourth-order valence-electron chi connectivity index (χ4n) is 4.04. The standard InChI is InChI=1S/C28H27N5O2S2/c1-31(2)18-24(34)29-20-13-15-21(16-14-20)30-28-33(17-19-9-5-4-6-10-19)26(35)25(37-28)27-32(3)22-11-7-8-12-23(22)36-27/h4-16H,17-18H2,1-3H3,(H,29,34). The Labute approximate surface area is 225 Å². The van der Waals surface area contributed by atoms with Crippen molar-refractivity contribution < 1.29 is 9.59 Å². The molecule has 0 bridgehead atoms. The molecule has 2 aliphatic rings. The van der Waals surface area contributed by atoms with Gasteiger partial charge in [0.2, 0.25) is 5.91 Å². The summed E-state index contributed by atoms with van der Waals surface area (Å²) in [4.78, 5) is 38.1. The van der Waals surface area contributed by atoms with Gasteiger partial charge in [-0.25, -0.2) is 4.99 Å². The van der Waals surface area contributed by atoms with Gasteiger partial charge in [-0.15, -0.1) is 0 Å². The Balaban J connectivity index is 1.44. The number of carbonyl (C=O) groups excluding carboxylic acids is 2. The van der Waals surface area contributed by atoms with Crippen LogP contribution in [0.25, 0.3) is 0 Å². The van der Waals surface area contributed by atoms with Gasteiger partial charge >= 0.3 is 0 Å². The van der Waals surface area contributed by atoms with E-state index in [-0.39, 0.29) is 11.8 Å². The number of amides is 2. The van der Waals surface area contributed by atoms with Gasteiger partial charge < -0.3 is 15.1 Å². The quantitative estimate of drug-likeness (QED) is 0.434. The SMILES string of the molecule is CN(C)CC(=O)Nc1ccc(N=C2SC(=C3Sc4ccccc4N3C)C(=O)N2Cc2ccccc2)cc1. The van der Waals surface area contributed by atoms with Crippen LogP contribution in [0, 0.1) is 0 Å². The maximum atomic E-state index is 13.7. The van der Waals surface area contributed by atoms with Crippen molar-refractivity contribution in [3.05, 3.63) is 94.4 Å². The van der Waals surface area contributed by atoms with Crippen LogP contribution >= 0.6 is 23.5 Å². The molecule has 1 saturated heterocycles. The highest BCUT2D eigenvalue weighted by atomic mass is 32.2. The summed E-state index contributed by atoms with van der Waals surface area (Å²) in [6.45, 7) is 0.743. The summed E-state index contributed by atoms with van der Waals surface area (Å²) in [6.07, 6.45) is 0. The number of fused-ring (bicyclic) bond motifs is 1. The molecule has 2 aliphatic heterocycles. The summed E-state index contributed by atoms with van der Waals surface area (Å²) < 4.78 is 0. The fraction of sp³-hybridized carbons (Fsp3) is 0.179. The maximum absolute atomic E-state index is 13.7. The van der Waals surface area contributed by atoms with Crippen molar-refractivity contribution in [1.29, 1.82) is 0 Å². The third-order valence-electron chi connectivity index (χ3n) is 5.81. The average Bonchev–Trinajstić information content (AvgIpc) is 3.37. The summed E-state index contributed by atoms with van der Waals surface area (Å²) in [5.41, 5.74) is 3.54. The number of anilines is 2. The van der Waals surface area contributed by atoms with Crippen LogP contribution in [0.4, 0.5) is 17.1 Å². The Morgan fingerprint density at radius 2 is 1.65 bits per heavy atom. The molecule has 1 fully saturated rings. The highest BCUT2D eigenvalue weighted by Crippen LogP contribution is 2.50. The molecule has 3 aromatic rings. The first-order valence-electron chi connectivity index (χ1n) is 11.8.